The van der Waals surface area contributed by atoms with Crippen LogP contribution in [-0.4, -0.2) is 52.3 Å². The molecule has 1 heterocycles. The van der Waals surface area contributed by atoms with Crippen molar-refractivity contribution < 1.29 is 8.42 Å². The fourth-order valence-electron chi connectivity index (χ4n) is 1.96. The molecular formula is C9H21N3O2S. The minimum Gasteiger partial charge on any atom is -0.319 e. The van der Waals surface area contributed by atoms with Gasteiger partial charge in [-0.15, -0.1) is 0 Å². The number of sulfonamides is 1. The minimum atomic E-state index is -3.30. The van der Waals surface area contributed by atoms with Gasteiger partial charge in [0.05, 0.1) is 5.75 Å². The maximum Gasteiger partial charge on any atom is 0.210 e. The molecule has 15 heavy (non-hydrogen) atoms. The van der Waals surface area contributed by atoms with Gasteiger partial charge in [0, 0.05) is 6.54 Å². The first-order chi connectivity index (χ1) is 7.01. The van der Waals surface area contributed by atoms with E-state index in [0.717, 1.165) is 38.4 Å². The SMILES string of the molecule is CNCC1CCN(CCS(N)(=O)=O)CC1. The molecule has 0 aliphatic carbocycles. The highest BCUT2D eigenvalue weighted by Crippen LogP contribution is 2.15. The predicted octanol–water partition coefficient (Wildman–Crippen LogP) is -0.794. The van der Waals surface area contributed by atoms with E-state index in [-0.39, 0.29) is 5.75 Å². The van der Waals surface area contributed by atoms with Crippen LogP contribution in [0.1, 0.15) is 12.8 Å². The van der Waals surface area contributed by atoms with Gasteiger partial charge in [-0.2, -0.15) is 0 Å². The number of hydrogen-bond acceptors (Lipinski definition) is 4. The second-order valence-electron chi connectivity index (χ2n) is 4.21. The molecule has 5 nitrogen and oxygen atoms in total. The molecule has 0 atom stereocenters. The highest BCUT2D eigenvalue weighted by molar-refractivity contribution is 7.89. The average Bonchev–Trinajstić information content (AvgIpc) is 2.16. The van der Waals surface area contributed by atoms with E-state index in [1.165, 1.54) is 0 Å². The van der Waals surface area contributed by atoms with Gasteiger partial charge < -0.3 is 10.2 Å². The zero-order valence-corrected chi connectivity index (χ0v) is 10.1. The lowest BCUT2D eigenvalue weighted by molar-refractivity contribution is 0.192. The molecule has 0 spiro atoms. The highest BCUT2D eigenvalue weighted by atomic mass is 32.2. The van der Waals surface area contributed by atoms with Crippen molar-refractivity contribution in [3.05, 3.63) is 0 Å². The molecule has 0 aromatic rings. The largest absolute Gasteiger partial charge is 0.319 e. The van der Waals surface area contributed by atoms with Crippen LogP contribution >= 0.6 is 0 Å². The lowest BCUT2D eigenvalue weighted by Gasteiger charge is -2.31. The van der Waals surface area contributed by atoms with E-state index in [9.17, 15) is 8.42 Å². The number of nitrogens with two attached hydrogens (primary N) is 1. The molecule has 1 aliphatic rings. The third-order valence-corrected chi connectivity index (χ3v) is 3.64. The Hall–Kier alpha value is -0.170. The summed E-state index contributed by atoms with van der Waals surface area (Å²) in [6.07, 6.45) is 2.29. The monoisotopic (exact) mass is 235 g/mol. The van der Waals surface area contributed by atoms with E-state index >= 15 is 0 Å². The number of hydrogen-bond donors (Lipinski definition) is 2. The Bertz CT molecular complexity index is 271. The van der Waals surface area contributed by atoms with Crippen LogP contribution in [0.4, 0.5) is 0 Å². The first-order valence-corrected chi connectivity index (χ1v) is 7.10. The van der Waals surface area contributed by atoms with E-state index in [4.69, 9.17) is 5.14 Å². The van der Waals surface area contributed by atoms with Crippen LogP contribution in [0.3, 0.4) is 0 Å². The predicted molar refractivity (Wildman–Crippen MR) is 61.1 cm³/mol. The van der Waals surface area contributed by atoms with Gasteiger partial charge in [0.25, 0.3) is 0 Å². The van der Waals surface area contributed by atoms with E-state index in [1.807, 2.05) is 7.05 Å². The Morgan fingerprint density at radius 2 is 2.00 bits per heavy atom. The molecule has 1 aliphatic heterocycles. The topological polar surface area (TPSA) is 75.4 Å². The van der Waals surface area contributed by atoms with E-state index in [0.29, 0.717) is 6.54 Å². The van der Waals surface area contributed by atoms with Crippen molar-refractivity contribution in [1.29, 1.82) is 0 Å². The third-order valence-electron chi connectivity index (χ3n) is 2.89. The highest BCUT2D eigenvalue weighted by Gasteiger charge is 2.19. The van der Waals surface area contributed by atoms with E-state index in [2.05, 4.69) is 10.2 Å². The van der Waals surface area contributed by atoms with E-state index in [1.54, 1.807) is 0 Å². The zero-order valence-electron chi connectivity index (χ0n) is 9.28. The summed E-state index contributed by atoms with van der Waals surface area (Å²) in [7, 11) is -1.34. The van der Waals surface area contributed by atoms with Gasteiger partial charge in [0.2, 0.25) is 10.0 Å². The second kappa shape index (κ2) is 5.79. The Kier molecular flexibility index (Phi) is 4.98. The van der Waals surface area contributed by atoms with Gasteiger partial charge in [0.15, 0.2) is 0 Å². The van der Waals surface area contributed by atoms with Crippen LogP contribution in [0.15, 0.2) is 0 Å². The fourth-order valence-corrected chi connectivity index (χ4v) is 2.47. The van der Waals surface area contributed by atoms with Crippen molar-refractivity contribution >= 4 is 10.0 Å². The molecule has 0 amide bonds. The summed E-state index contributed by atoms with van der Waals surface area (Å²) in [6.45, 7) is 3.61. The molecule has 1 fully saturated rings. The van der Waals surface area contributed by atoms with Crippen LogP contribution in [0, 0.1) is 5.92 Å². The molecular weight excluding hydrogens is 214 g/mol. The molecule has 90 valence electrons. The van der Waals surface area contributed by atoms with Crippen molar-refractivity contribution in [2.75, 3.05) is 39.0 Å². The fraction of sp³-hybridized carbons (Fsp3) is 1.00. The van der Waals surface area contributed by atoms with Crippen molar-refractivity contribution in [3.63, 3.8) is 0 Å². The van der Waals surface area contributed by atoms with Gasteiger partial charge in [-0.25, -0.2) is 13.6 Å². The van der Waals surface area contributed by atoms with E-state index < -0.39 is 10.0 Å². The number of primary sulfonamides is 1. The summed E-state index contributed by atoms with van der Waals surface area (Å²) >= 11 is 0. The molecule has 1 saturated heterocycles. The normalized spacial score (nSPS) is 20.7. The molecule has 6 heteroatoms. The summed E-state index contributed by atoms with van der Waals surface area (Å²) in [5.74, 6) is 0.810. The summed E-state index contributed by atoms with van der Waals surface area (Å²) in [4.78, 5) is 2.18. The standard InChI is InChI=1S/C9H21N3O2S/c1-11-8-9-2-4-12(5-3-9)6-7-15(10,13)14/h9,11H,2-8H2,1H3,(H2,10,13,14). The maximum atomic E-state index is 10.8. The van der Waals surface area contributed by atoms with Gasteiger partial charge in [-0.1, -0.05) is 0 Å². The molecule has 0 aromatic heterocycles. The Morgan fingerprint density at radius 1 is 1.40 bits per heavy atom. The van der Waals surface area contributed by atoms with Crippen LogP contribution in [-0.2, 0) is 10.0 Å². The minimum absolute atomic E-state index is 0.0731. The molecule has 3 N–H and O–H groups in total. The number of likely N-dealkylation sites (tertiary alicyclic amines) is 1. The first-order valence-electron chi connectivity index (χ1n) is 5.38. The summed E-state index contributed by atoms with van der Waals surface area (Å²) in [6, 6.07) is 0. The zero-order chi connectivity index (χ0) is 11.3. The van der Waals surface area contributed by atoms with Gasteiger partial charge in [-0.05, 0) is 45.4 Å². The van der Waals surface area contributed by atoms with Gasteiger partial charge >= 0.3 is 0 Å². The van der Waals surface area contributed by atoms with Gasteiger partial charge in [0.1, 0.15) is 0 Å². The van der Waals surface area contributed by atoms with Crippen LogP contribution in [0.5, 0.6) is 0 Å². The maximum absolute atomic E-state index is 10.8. The molecule has 0 radical (unpaired) electrons. The smallest absolute Gasteiger partial charge is 0.210 e. The van der Waals surface area contributed by atoms with Crippen molar-refractivity contribution in [2.45, 2.75) is 12.8 Å². The van der Waals surface area contributed by atoms with Crippen molar-refractivity contribution in [1.82, 2.24) is 10.2 Å². The Labute approximate surface area is 92.1 Å². The number of nitrogens with one attached hydrogen (secondary N) is 1. The lowest BCUT2D eigenvalue weighted by atomic mass is 9.97. The third kappa shape index (κ3) is 5.46. The number of rotatable bonds is 5. The molecule has 0 unspecified atom stereocenters. The van der Waals surface area contributed by atoms with Crippen molar-refractivity contribution in [2.24, 2.45) is 11.1 Å². The van der Waals surface area contributed by atoms with Crippen molar-refractivity contribution in [3.8, 4) is 0 Å². The van der Waals surface area contributed by atoms with Crippen LogP contribution < -0.4 is 10.5 Å². The molecule has 1 rings (SSSR count). The second-order valence-corrected chi connectivity index (χ2v) is 5.94. The average molecular weight is 235 g/mol. The van der Waals surface area contributed by atoms with Gasteiger partial charge in [-0.3, -0.25) is 0 Å². The lowest BCUT2D eigenvalue weighted by Crippen LogP contribution is -2.39. The quantitative estimate of drug-likeness (QED) is 0.654. The van der Waals surface area contributed by atoms with Crippen LogP contribution in [0.2, 0.25) is 0 Å². The molecule has 0 saturated carbocycles. The first kappa shape index (κ1) is 12.9. The summed E-state index contributed by atoms with van der Waals surface area (Å²) in [5, 5.41) is 8.14. The van der Waals surface area contributed by atoms with Crippen LogP contribution in [0.25, 0.3) is 0 Å². The number of nitrogens with zero attached hydrogens (tertiary/aromatic N) is 1. The Morgan fingerprint density at radius 3 is 2.47 bits per heavy atom. The molecule has 0 bridgehead atoms. The summed E-state index contributed by atoms with van der Waals surface area (Å²) < 4.78 is 21.6. The summed E-state index contributed by atoms with van der Waals surface area (Å²) in [5.41, 5.74) is 0. The molecule has 0 aromatic carbocycles. The number of piperidine rings is 1. The Balaban J connectivity index is 2.20.